The van der Waals surface area contributed by atoms with Crippen molar-refractivity contribution < 1.29 is 4.79 Å². The lowest BCUT2D eigenvalue weighted by Gasteiger charge is -2.24. The topological polar surface area (TPSA) is 42.3 Å². The SMILES string of the molecule is Cn1ccc(C(=O)N2CCCC2c2cccs2)cc1=O. The number of aromatic nitrogens is 1. The number of thiophene rings is 1. The van der Waals surface area contributed by atoms with Gasteiger partial charge >= 0.3 is 0 Å². The van der Waals surface area contributed by atoms with Gasteiger partial charge in [-0.15, -0.1) is 11.3 Å². The lowest BCUT2D eigenvalue weighted by atomic mass is 10.1. The van der Waals surface area contributed by atoms with Gasteiger partial charge in [0.15, 0.2) is 0 Å². The van der Waals surface area contributed by atoms with E-state index in [1.54, 1.807) is 30.6 Å². The lowest BCUT2D eigenvalue weighted by Crippen LogP contribution is -2.31. The number of carbonyl (C=O) groups excluding carboxylic acids is 1. The number of aryl methyl sites for hydroxylation is 1. The molecule has 1 saturated heterocycles. The van der Waals surface area contributed by atoms with Gasteiger partial charge in [0, 0.05) is 36.3 Å². The average molecular weight is 288 g/mol. The molecule has 0 radical (unpaired) electrons. The summed E-state index contributed by atoms with van der Waals surface area (Å²) >= 11 is 1.68. The predicted octanol–water partition coefficient (Wildman–Crippen LogP) is 2.42. The molecule has 0 N–H and O–H groups in total. The van der Waals surface area contributed by atoms with Gasteiger partial charge in [-0.05, 0) is 30.4 Å². The van der Waals surface area contributed by atoms with Gasteiger partial charge in [-0.2, -0.15) is 0 Å². The van der Waals surface area contributed by atoms with Gasteiger partial charge in [-0.25, -0.2) is 0 Å². The Bertz CT molecular complexity index is 675. The van der Waals surface area contributed by atoms with Crippen LogP contribution in [0.4, 0.5) is 0 Å². The van der Waals surface area contributed by atoms with Crippen LogP contribution >= 0.6 is 11.3 Å². The molecule has 1 unspecified atom stereocenters. The quantitative estimate of drug-likeness (QED) is 0.851. The van der Waals surface area contributed by atoms with E-state index in [9.17, 15) is 9.59 Å². The third-order valence-electron chi connectivity index (χ3n) is 3.74. The third kappa shape index (κ3) is 2.29. The van der Waals surface area contributed by atoms with E-state index < -0.39 is 0 Å². The van der Waals surface area contributed by atoms with Crippen LogP contribution in [0.15, 0.2) is 40.6 Å². The monoisotopic (exact) mass is 288 g/mol. The number of hydrogen-bond acceptors (Lipinski definition) is 3. The second kappa shape index (κ2) is 5.25. The Morgan fingerprint density at radius 1 is 1.40 bits per heavy atom. The Hall–Kier alpha value is -1.88. The van der Waals surface area contributed by atoms with Gasteiger partial charge < -0.3 is 9.47 Å². The Morgan fingerprint density at radius 3 is 2.95 bits per heavy atom. The van der Waals surface area contributed by atoms with Crippen molar-refractivity contribution >= 4 is 17.2 Å². The van der Waals surface area contributed by atoms with Crippen LogP contribution in [-0.4, -0.2) is 21.9 Å². The van der Waals surface area contributed by atoms with Crippen molar-refractivity contribution in [3.05, 3.63) is 56.6 Å². The molecule has 0 aromatic carbocycles. The number of pyridine rings is 1. The van der Waals surface area contributed by atoms with E-state index in [-0.39, 0.29) is 17.5 Å². The first-order valence-corrected chi connectivity index (χ1v) is 7.56. The van der Waals surface area contributed by atoms with Crippen molar-refractivity contribution in [2.24, 2.45) is 7.05 Å². The highest BCUT2D eigenvalue weighted by molar-refractivity contribution is 7.10. The number of rotatable bonds is 2. The molecule has 5 heteroatoms. The van der Waals surface area contributed by atoms with Crippen molar-refractivity contribution in [2.75, 3.05) is 6.54 Å². The number of likely N-dealkylation sites (tertiary alicyclic amines) is 1. The normalized spacial score (nSPS) is 18.4. The highest BCUT2D eigenvalue weighted by Crippen LogP contribution is 2.35. The van der Waals surface area contributed by atoms with E-state index in [1.165, 1.54) is 15.5 Å². The highest BCUT2D eigenvalue weighted by Gasteiger charge is 2.31. The maximum absolute atomic E-state index is 12.6. The van der Waals surface area contributed by atoms with Gasteiger partial charge in [-0.1, -0.05) is 6.07 Å². The van der Waals surface area contributed by atoms with Gasteiger partial charge in [0.2, 0.25) is 0 Å². The van der Waals surface area contributed by atoms with Crippen molar-refractivity contribution in [1.29, 1.82) is 0 Å². The second-order valence-electron chi connectivity index (χ2n) is 5.04. The molecule has 1 amide bonds. The molecular weight excluding hydrogens is 272 g/mol. The van der Waals surface area contributed by atoms with E-state index in [0.717, 1.165) is 19.4 Å². The van der Waals surface area contributed by atoms with Gasteiger partial charge in [0.25, 0.3) is 11.5 Å². The molecule has 0 bridgehead atoms. The van der Waals surface area contributed by atoms with Crippen LogP contribution in [0.1, 0.15) is 34.1 Å². The Kier molecular flexibility index (Phi) is 3.44. The molecule has 0 spiro atoms. The highest BCUT2D eigenvalue weighted by atomic mass is 32.1. The molecule has 0 aliphatic carbocycles. The number of nitrogens with zero attached hydrogens (tertiary/aromatic N) is 2. The van der Waals surface area contributed by atoms with E-state index in [1.807, 2.05) is 16.3 Å². The summed E-state index contributed by atoms with van der Waals surface area (Å²) in [6, 6.07) is 7.38. The zero-order chi connectivity index (χ0) is 14.1. The van der Waals surface area contributed by atoms with Crippen molar-refractivity contribution in [3.63, 3.8) is 0 Å². The Morgan fingerprint density at radius 2 is 2.25 bits per heavy atom. The summed E-state index contributed by atoms with van der Waals surface area (Å²) < 4.78 is 1.47. The van der Waals surface area contributed by atoms with Crippen LogP contribution < -0.4 is 5.56 Å². The van der Waals surface area contributed by atoms with Crippen molar-refractivity contribution in [1.82, 2.24) is 9.47 Å². The molecule has 1 atom stereocenters. The molecule has 4 nitrogen and oxygen atoms in total. The molecule has 2 aromatic rings. The minimum atomic E-state index is -0.150. The molecule has 1 aliphatic rings. The van der Waals surface area contributed by atoms with Gasteiger partial charge in [0.1, 0.15) is 0 Å². The molecule has 1 aliphatic heterocycles. The summed E-state index contributed by atoms with van der Waals surface area (Å²) in [6.07, 6.45) is 3.65. The van der Waals surface area contributed by atoms with Crippen molar-refractivity contribution in [3.8, 4) is 0 Å². The molecule has 1 fully saturated rings. The summed E-state index contributed by atoms with van der Waals surface area (Å²) in [7, 11) is 1.68. The maximum atomic E-state index is 12.6. The van der Waals surface area contributed by atoms with E-state index in [4.69, 9.17) is 0 Å². The summed E-state index contributed by atoms with van der Waals surface area (Å²) in [5.74, 6) is -0.0430. The minimum Gasteiger partial charge on any atom is -0.331 e. The van der Waals surface area contributed by atoms with Crippen LogP contribution in [0.25, 0.3) is 0 Å². The molecule has 3 rings (SSSR count). The lowest BCUT2D eigenvalue weighted by molar-refractivity contribution is 0.0737. The fourth-order valence-corrected chi connectivity index (χ4v) is 3.51. The summed E-state index contributed by atoms with van der Waals surface area (Å²) in [5.41, 5.74) is 0.333. The molecular formula is C15H16N2O2S. The molecule has 20 heavy (non-hydrogen) atoms. The zero-order valence-corrected chi connectivity index (χ0v) is 12.1. The van der Waals surface area contributed by atoms with E-state index >= 15 is 0 Å². The van der Waals surface area contributed by atoms with Crippen LogP contribution in [0.3, 0.4) is 0 Å². The Labute approximate surface area is 121 Å². The number of amides is 1. The second-order valence-corrected chi connectivity index (χ2v) is 6.02. The summed E-state index contributed by atoms with van der Waals surface area (Å²) in [4.78, 5) is 27.4. The fourth-order valence-electron chi connectivity index (χ4n) is 2.63. The van der Waals surface area contributed by atoms with Crippen LogP contribution in [-0.2, 0) is 7.05 Å². The standard InChI is InChI=1S/C15H16N2O2S/c1-16-8-6-11(10-14(16)18)15(19)17-7-2-4-12(17)13-5-3-9-20-13/h3,5-6,8-10,12H,2,4,7H2,1H3. The van der Waals surface area contributed by atoms with Crippen LogP contribution in [0, 0.1) is 0 Å². The fraction of sp³-hybridized carbons (Fsp3) is 0.333. The van der Waals surface area contributed by atoms with Gasteiger partial charge in [-0.3, -0.25) is 9.59 Å². The summed E-state index contributed by atoms with van der Waals surface area (Å²) in [5, 5.41) is 2.04. The third-order valence-corrected chi connectivity index (χ3v) is 4.71. The molecule has 104 valence electrons. The molecule has 2 aromatic heterocycles. The van der Waals surface area contributed by atoms with E-state index in [0.29, 0.717) is 5.56 Å². The number of carbonyl (C=O) groups is 1. The smallest absolute Gasteiger partial charge is 0.254 e. The van der Waals surface area contributed by atoms with Crippen molar-refractivity contribution in [2.45, 2.75) is 18.9 Å². The molecule has 0 saturated carbocycles. The Balaban J connectivity index is 1.89. The first-order valence-electron chi connectivity index (χ1n) is 6.68. The predicted molar refractivity (Wildman–Crippen MR) is 79.0 cm³/mol. The summed E-state index contributed by atoms with van der Waals surface area (Å²) in [6.45, 7) is 0.761. The zero-order valence-electron chi connectivity index (χ0n) is 11.3. The maximum Gasteiger partial charge on any atom is 0.254 e. The number of hydrogen-bond donors (Lipinski definition) is 0. The first kappa shape index (κ1) is 13.1. The van der Waals surface area contributed by atoms with E-state index in [2.05, 4.69) is 6.07 Å². The van der Waals surface area contributed by atoms with Crippen LogP contribution in [0.2, 0.25) is 0 Å². The van der Waals surface area contributed by atoms with Gasteiger partial charge in [0.05, 0.1) is 6.04 Å². The minimum absolute atomic E-state index is 0.0430. The van der Waals surface area contributed by atoms with Crippen LogP contribution in [0.5, 0.6) is 0 Å². The largest absolute Gasteiger partial charge is 0.331 e. The average Bonchev–Trinajstić information content (AvgIpc) is 3.10. The first-order chi connectivity index (χ1) is 9.66. The molecule has 3 heterocycles.